The number of benzene rings is 1. The van der Waals surface area contributed by atoms with Gasteiger partial charge in [0, 0.05) is 0 Å². The van der Waals surface area contributed by atoms with Crippen LogP contribution < -0.4 is 11.5 Å². The minimum absolute atomic E-state index is 0.0723. The first-order valence-corrected chi connectivity index (χ1v) is 7.63. The van der Waals surface area contributed by atoms with Gasteiger partial charge in [0.25, 0.3) is 5.91 Å². The molecule has 0 bridgehead atoms. The number of carbonyl (C=O) groups is 1. The second-order valence-electron chi connectivity index (χ2n) is 6.05. The molecule has 1 amide bonds. The second kappa shape index (κ2) is 6.05. The van der Waals surface area contributed by atoms with Crippen molar-refractivity contribution in [2.45, 2.75) is 31.7 Å². The quantitative estimate of drug-likeness (QED) is 0.807. The number of nitrogens with zero attached hydrogens (tertiary/aromatic N) is 2. The van der Waals surface area contributed by atoms with Crippen molar-refractivity contribution >= 4 is 11.7 Å². The van der Waals surface area contributed by atoms with Crippen LogP contribution in [0.15, 0.2) is 24.3 Å². The van der Waals surface area contributed by atoms with Crippen molar-refractivity contribution in [1.29, 1.82) is 0 Å². The summed E-state index contributed by atoms with van der Waals surface area (Å²) < 4.78 is 52.7. The fourth-order valence-corrected chi connectivity index (χ4v) is 2.96. The molecule has 0 saturated heterocycles. The SMILES string of the molecule is NC(=O)c1c(CF)nn(C(c2ccc(C(F)(F)F)cc2)C2CC2)c1N. The number of hydrogen-bond donors (Lipinski definition) is 2. The first-order chi connectivity index (χ1) is 11.7. The molecular formula is C16H16F4N4O. The lowest BCUT2D eigenvalue weighted by atomic mass is 10.0. The Morgan fingerprint density at radius 1 is 1.28 bits per heavy atom. The third-order valence-corrected chi connectivity index (χ3v) is 4.30. The number of aromatic nitrogens is 2. The smallest absolute Gasteiger partial charge is 0.383 e. The van der Waals surface area contributed by atoms with Crippen LogP contribution in [0, 0.1) is 5.92 Å². The molecular weight excluding hydrogens is 340 g/mol. The summed E-state index contributed by atoms with van der Waals surface area (Å²) in [7, 11) is 0. The number of hydrogen-bond acceptors (Lipinski definition) is 3. The van der Waals surface area contributed by atoms with Gasteiger partial charge in [0.1, 0.15) is 23.7 Å². The average Bonchev–Trinajstić information content (AvgIpc) is 3.31. The van der Waals surface area contributed by atoms with E-state index in [1.54, 1.807) is 0 Å². The minimum Gasteiger partial charge on any atom is -0.383 e. The Bertz CT molecular complexity index is 794. The molecule has 1 aliphatic rings. The van der Waals surface area contributed by atoms with Crippen LogP contribution >= 0.6 is 0 Å². The van der Waals surface area contributed by atoms with Gasteiger partial charge in [-0.2, -0.15) is 18.3 Å². The predicted octanol–water partition coefficient (Wildman–Crippen LogP) is 3.05. The Kier molecular flexibility index (Phi) is 4.18. The van der Waals surface area contributed by atoms with Crippen LogP contribution in [-0.2, 0) is 12.9 Å². The number of amides is 1. The fraction of sp³-hybridized carbons (Fsp3) is 0.375. The number of primary amides is 1. The van der Waals surface area contributed by atoms with Crippen molar-refractivity contribution in [2.75, 3.05) is 5.73 Å². The Morgan fingerprint density at radius 2 is 1.88 bits per heavy atom. The number of rotatable bonds is 5. The average molecular weight is 356 g/mol. The molecule has 0 aliphatic heterocycles. The molecule has 1 unspecified atom stereocenters. The van der Waals surface area contributed by atoms with Crippen molar-refractivity contribution in [1.82, 2.24) is 9.78 Å². The van der Waals surface area contributed by atoms with Gasteiger partial charge in [-0.05, 0) is 36.5 Å². The van der Waals surface area contributed by atoms with Crippen LogP contribution in [0.3, 0.4) is 0 Å². The van der Waals surface area contributed by atoms with Crippen LogP contribution in [0.2, 0.25) is 0 Å². The summed E-state index contributed by atoms with van der Waals surface area (Å²) in [6, 6.07) is 4.20. The maximum Gasteiger partial charge on any atom is 0.416 e. The highest BCUT2D eigenvalue weighted by Gasteiger charge is 2.37. The largest absolute Gasteiger partial charge is 0.416 e. The first-order valence-electron chi connectivity index (χ1n) is 7.63. The molecule has 1 atom stereocenters. The summed E-state index contributed by atoms with van der Waals surface area (Å²) in [5.41, 5.74) is 10.6. The lowest BCUT2D eigenvalue weighted by Crippen LogP contribution is -2.19. The van der Waals surface area contributed by atoms with Crippen molar-refractivity contribution < 1.29 is 22.4 Å². The molecule has 1 heterocycles. The monoisotopic (exact) mass is 356 g/mol. The topological polar surface area (TPSA) is 86.9 Å². The zero-order valence-electron chi connectivity index (χ0n) is 13.1. The molecule has 0 radical (unpaired) electrons. The number of halogens is 4. The molecule has 1 fully saturated rings. The highest BCUT2D eigenvalue weighted by Crippen LogP contribution is 2.45. The molecule has 5 nitrogen and oxygen atoms in total. The van der Waals surface area contributed by atoms with Crippen LogP contribution in [0.1, 0.15) is 46.1 Å². The normalized spacial score (nSPS) is 16.0. The molecule has 9 heteroatoms. The molecule has 134 valence electrons. The summed E-state index contributed by atoms with van der Waals surface area (Å²) in [4.78, 5) is 11.5. The van der Waals surface area contributed by atoms with Crippen molar-refractivity contribution in [2.24, 2.45) is 11.7 Å². The lowest BCUT2D eigenvalue weighted by Gasteiger charge is -2.20. The molecule has 25 heavy (non-hydrogen) atoms. The van der Waals surface area contributed by atoms with Gasteiger partial charge in [0.05, 0.1) is 11.6 Å². The van der Waals surface area contributed by atoms with E-state index >= 15 is 0 Å². The molecule has 1 aliphatic carbocycles. The van der Waals surface area contributed by atoms with E-state index < -0.39 is 30.4 Å². The van der Waals surface area contributed by atoms with Gasteiger partial charge in [-0.15, -0.1) is 0 Å². The van der Waals surface area contributed by atoms with Crippen molar-refractivity contribution in [3.05, 3.63) is 46.6 Å². The zero-order valence-corrected chi connectivity index (χ0v) is 13.1. The highest BCUT2D eigenvalue weighted by atomic mass is 19.4. The van der Waals surface area contributed by atoms with Crippen LogP contribution in [0.5, 0.6) is 0 Å². The Labute approximate surface area is 140 Å². The van der Waals surface area contributed by atoms with E-state index in [-0.39, 0.29) is 23.0 Å². The summed E-state index contributed by atoms with van der Waals surface area (Å²) in [6.07, 6.45) is -2.76. The number of nitrogen functional groups attached to an aromatic ring is 1. The van der Waals surface area contributed by atoms with Gasteiger partial charge in [-0.3, -0.25) is 4.79 Å². The predicted molar refractivity (Wildman–Crippen MR) is 82.3 cm³/mol. The molecule has 4 N–H and O–H groups in total. The summed E-state index contributed by atoms with van der Waals surface area (Å²) >= 11 is 0. The van der Waals surface area contributed by atoms with E-state index in [1.807, 2.05) is 0 Å². The maximum atomic E-state index is 13.1. The molecule has 1 saturated carbocycles. The molecule has 3 rings (SSSR count). The molecule has 1 aromatic carbocycles. The van der Waals surface area contributed by atoms with Crippen LogP contribution in [0.25, 0.3) is 0 Å². The molecule has 1 aromatic heterocycles. The number of carbonyl (C=O) groups excluding carboxylic acids is 1. The Hall–Kier alpha value is -2.58. The first kappa shape index (κ1) is 17.2. The van der Waals surface area contributed by atoms with E-state index in [0.29, 0.717) is 5.56 Å². The van der Waals surface area contributed by atoms with E-state index in [0.717, 1.165) is 25.0 Å². The van der Waals surface area contributed by atoms with Gasteiger partial charge >= 0.3 is 6.18 Å². The summed E-state index contributed by atoms with van der Waals surface area (Å²) in [6.45, 7) is -1.01. The summed E-state index contributed by atoms with van der Waals surface area (Å²) in [5, 5.41) is 4.05. The van der Waals surface area contributed by atoms with Gasteiger partial charge < -0.3 is 11.5 Å². The number of anilines is 1. The lowest BCUT2D eigenvalue weighted by molar-refractivity contribution is -0.137. The van der Waals surface area contributed by atoms with Crippen LogP contribution in [0.4, 0.5) is 23.4 Å². The van der Waals surface area contributed by atoms with Gasteiger partial charge in [-0.1, -0.05) is 12.1 Å². The Balaban J connectivity index is 2.05. The van der Waals surface area contributed by atoms with E-state index in [2.05, 4.69) is 5.10 Å². The summed E-state index contributed by atoms with van der Waals surface area (Å²) in [5.74, 6) is -0.859. The van der Waals surface area contributed by atoms with E-state index in [9.17, 15) is 22.4 Å². The van der Waals surface area contributed by atoms with E-state index in [4.69, 9.17) is 11.5 Å². The van der Waals surface area contributed by atoms with Crippen molar-refractivity contribution in [3.8, 4) is 0 Å². The van der Waals surface area contributed by atoms with Gasteiger partial charge in [0.2, 0.25) is 0 Å². The van der Waals surface area contributed by atoms with E-state index in [1.165, 1.54) is 16.8 Å². The fourth-order valence-electron chi connectivity index (χ4n) is 2.96. The minimum atomic E-state index is -4.43. The van der Waals surface area contributed by atoms with Gasteiger partial charge in [0.15, 0.2) is 0 Å². The second-order valence-corrected chi connectivity index (χ2v) is 6.05. The van der Waals surface area contributed by atoms with Gasteiger partial charge in [-0.25, -0.2) is 9.07 Å². The highest BCUT2D eigenvalue weighted by molar-refractivity contribution is 5.98. The third-order valence-electron chi connectivity index (χ3n) is 4.30. The third kappa shape index (κ3) is 3.18. The zero-order chi connectivity index (χ0) is 18.4. The standard InChI is InChI=1S/C16H16F4N4O/c17-7-11-12(15(22)25)14(21)24(23-11)13(8-1-2-8)9-3-5-10(6-4-9)16(18,19)20/h3-6,8,13H,1-2,7,21H2,(H2,22,25). The number of nitrogens with two attached hydrogens (primary N) is 2. The van der Waals surface area contributed by atoms with Crippen molar-refractivity contribution in [3.63, 3.8) is 0 Å². The molecule has 0 spiro atoms. The Morgan fingerprint density at radius 3 is 2.28 bits per heavy atom. The molecule has 2 aromatic rings. The van der Waals surface area contributed by atoms with Crippen LogP contribution in [-0.4, -0.2) is 15.7 Å². The maximum absolute atomic E-state index is 13.1. The number of alkyl halides is 4.